The number of nitrogens with zero attached hydrogens (tertiary/aromatic N) is 1. The highest BCUT2D eigenvalue weighted by molar-refractivity contribution is 6.51. The molecule has 1 fully saturated rings. The average Bonchev–Trinajstić information content (AvgIpc) is 3.09. The van der Waals surface area contributed by atoms with Crippen molar-refractivity contribution in [3.8, 4) is 11.5 Å². The number of carbonyl (C=O) groups excluding carboxylic acids is 2. The number of ether oxygens (including phenoxy) is 1. The molecular formula is C28H27NO5. The number of ketones is 1. The van der Waals surface area contributed by atoms with Crippen molar-refractivity contribution in [3.05, 3.63) is 95.1 Å². The summed E-state index contributed by atoms with van der Waals surface area (Å²) in [4.78, 5) is 27.7. The summed E-state index contributed by atoms with van der Waals surface area (Å²) in [5.74, 6) is -0.664. The second kappa shape index (κ2) is 9.43. The Morgan fingerprint density at radius 1 is 0.941 bits per heavy atom. The van der Waals surface area contributed by atoms with Gasteiger partial charge < -0.3 is 14.9 Å². The maximum Gasteiger partial charge on any atom is 0.300 e. The maximum atomic E-state index is 13.2. The highest BCUT2D eigenvalue weighted by Crippen LogP contribution is 2.42. The van der Waals surface area contributed by atoms with Crippen LogP contribution >= 0.6 is 0 Å². The molecule has 0 bridgehead atoms. The summed E-state index contributed by atoms with van der Waals surface area (Å²) in [7, 11) is 0. The summed E-state index contributed by atoms with van der Waals surface area (Å²) in [5, 5.41) is 21.0. The molecule has 6 nitrogen and oxygen atoms in total. The zero-order valence-corrected chi connectivity index (χ0v) is 19.4. The van der Waals surface area contributed by atoms with Crippen molar-refractivity contribution in [2.24, 2.45) is 5.92 Å². The Morgan fingerprint density at radius 3 is 2.15 bits per heavy atom. The quantitative estimate of drug-likeness (QED) is 0.296. The predicted molar refractivity (Wildman–Crippen MR) is 131 cm³/mol. The van der Waals surface area contributed by atoms with Crippen molar-refractivity contribution in [2.45, 2.75) is 26.8 Å². The SMILES string of the molecule is Cc1ccc(N2C(=O)C(=O)/C(=C(/O)c3ccc(OCC(C)C)cc3)C2c2ccc(O)cc2)cc1. The normalized spacial score (nSPS) is 17.4. The van der Waals surface area contributed by atoms with E-state index in [1.807, 2.05) is 19.1 Å². The maximum absolute atomic E-state index is 13.2. The molecule has 3 aromatic rings. The van der Waals surface area contributed by atoms with Crippen molar-refractivity contribution < 1.29 is 24.5 Å². The van der Waals surface area contributed by atoms with Crippen LogP contribution in [-0.4, -0.2) is 28.5 Å². The second-order valence-electron chi connectivity index (χ2n) is 8.83. The fraction of sp³-hybridized carbons (Fsp3) is 0.214. The van der Waals surface area contributed by atoms with E-state index < -0.39 is 17.7 Å². The summed E-state index contributed by atoms with van der Waals surface area (Å²) >= 11 is 0. The zero-order chi connectivity index (χ0) is 24.4. The molecule has 0 aliphatic carbocycles. The molecule has 34 heavy (non-hydrogen) atoms. The van der Waals surface area contributed by atoms with Gasteiger partial charge in [-0.15, -0.1) is 0 Å². The number of phenols is 1. The standard InChI is InChI=1S/C28H27NO5/c1-17(2)16-34-23-14-8-20(9-15-23)26(31)24-25(19-6-12-22(30)13-7-19)29(28(33)27(24)32)21-10-4-18(3)5-11-21/h4-15,17,25,30-31H,16H2,1-3H3/b26-24+. The van der Waals surface area contributed by atoms with E-state index >= 15 is 0 Å². The Kier molecular flexibility index (Phi) is 6.41. The van der Waals surface area contributed by atoms with Crippen LogP contribution in [0.1, 0.15) is 36.6 Å². The van der Waals surface area contributed by atoms with Crippen molar-refractivity contribution in [1.82, 2.24) is 0 Å². The number of aromatic hydroxyl groups is 1. The van der Waals surface area contributed by atoms with Crippen LogP contribution in [0.2, 0.25) is 0 Å². The summed E-state index contributed by atoms with van der Waals surface area (Å²) < 4.78 is 5.70. The van der Waals surface area contributed by atoms with Gasteiger partial charge in [-0.1, -0.05) is 43.7 Å². The largest absolute Gasteiger partial charge is 0.508 e. The molecule has 0 saturated carbocycles. The first-order valence-corrected chi connectivity index (χ1v) is 11.2. The van der Waals surface area contributed by atoms with E-state index in [0.29, 0.717) is 35.1 Å². The van der Waals surface area contributed by atoms with Gasteiger partial charge in [0.1, 0.15) is 17.3 Å². The lowest BCUT2D eigenvalue weighted by Gasteiger charge is -2.25. The number of amides is 1. The predicted octanol–water partition coefficient (Wildman–Crippen LogP) is 5.36. The molecule has 0 radical (unpaired) electrons. The van der Waals surface area contributed by atoms with Gasteiger partial charge in [-0.2, -0.15) is 0 Å². The highest BCUT2D eigenvalue weighted by atomic mass is 16.5. The lowest BCUT2D eigenvalue weighted by atomic mass is 9.95. The van der Waals surface area contributed by atoms with Crippen LogP contribution < -0.4 is 9.64 Å². The van der Waals surface area contributed by atoms with Gasteiger partial charge >= 0.3 is 0 Å². The first-order valence-electron chi connectivity index (χ1n) is 11.2. The monoisotopic (exact) mass is 457 g/mol. The molecular weight excluding hydrogens is 430 g/mol. The van der Waals surface area contributed by atoms with Crippen LogP contribution in [0.4, 0.5) is 5.69 Å². The Bertz CT molecular complexity index is 1230. The smallest absolute Gasteiger partial charge is 0.300 e. The molecule has 1 unspecified atom stereocenters. The minimum absolute atomic E-state index is 0.00730. The Balaban J connectivity index is 1.81. The Labute approximate surface area is 198 Å². The van der Waals surface area contributed by atoms with Gasteiger partial charge in [0.2, 0.25) is 0 Å². The van der Waals surface area contributed by atoms with Crippen LogP contribution in [0.3, 0.4) is 0 Å². The fourth-order valence-corrected chi connectivity index (χ4v) is 3.90. The molecule has 1 saturated heterocycles. The van der Waals surface area contributed by atoms with E-state index in [-0.39, 0.29) is 17.1 Å². The molecule has 0 aromatic heterocycles. The third-order valence-corrected chi connectivity index (χ3v) is 5.68. The number of benzene rings is 3. The van der Waals surface area contributed by atoms with E-state index in [9.17, 15) is 19.8 Å². The number of Topliss-reactive ketones (excluding diaryl/α,β-unsaturated/α-hetero) is 1. The van der Waals surface area contributed by atoms with Gasteiger partial charge in [0.05, 0.1) is 18.2 Å². The summed E-state index contributed by atoms with van der Waals surface area (Å²) in [6, 6.07) is 19.5. The van der Waals surface area contributed by atoms with E-state index in [0.717, 1.165) is 5.56 Å². The van der Waals surface area contributed by atoms with Crippen LogP contribution in [-0.2, 0) is 9.59 Å². The highest BCUT2D eigenvalue weighted by Gasteiger charge is 2.46. The van der Waals surface area contributed by atoms with Gasteiger partial charge in [-0.25, -0.2) is 0 Å². The average molecular weight is 458 g/mol. The van der Waals surface area contributed by atoms with E-state index in [1.54, 1.807) is 48.5 Å². The lowest BCUT2D eigenvalue weighted by Crippen LogP contribution is -2.29. The zero-order valence-electron chi connectivity index (χ0n) is 19.4. The molecule has 1 amide bonds. The summed E-state index contributed by atoms with van der Waals surface area (Å²) in [6.45, 7) is 6.60. The summed E-state index contributed by atoms with van der Waals surface area (Å²) in [6.07, 6.45) is 0. The van der Waals surface area contributed by atoms with Gasteiger partial charge in [-0.3, -0.25) is 14.5 Å². The fourth-order valence-electron chi connectivity index (χ4n) is 3.90. The number of aliphatic hydroxyl groups is 1. The molecule has 2 N–H and O–H groups in total. The molecule has 1 atom stereocenters. The van der Waals surface area contributed by atoms with Gasteiger partial charge in [0.25, 0.3) is 11.7 Å². The van der Waals surface area contributed by atoms with Crippen LogP contribution in [0.5, 0.6) is 11.5 Å². The Morgan fingerprint density at radius 2 is 1.56 bits per heavy atom. The number of phenolic OH excluding ortho intramolecular Hbond substituents is 1. The van der Waals surface area contributed by atoms with E-state index in [2.05, 4.69) is 13.8 Å². The number of carbonyl (C=O) groups is 2. The molecule has 3 aromatic carbocycles. The third-order valence-electron chi connectivity index (χ3n) is 5.68. The van der Waals surface area contributed by atoms with Crippen molar-refractivity contribution in [1.29, 1.82) is 0 Å². The van der Waals surface area contributed by atoms with Crippen molar-refractivity contribution >= 4 is 23.1 Å². The molecule has 0 spiro atoms. The molecule has 174 valence electrons. The van der Waals surface area contributed by atoms with Gasteiger partial charge in [-0.05, 0) is 66.9 Å². The first kappa shape index (κ1) is 23.1. The minimum Gasteiger partial charge on any atom is -0.508 e. The number of rotatable bonds is 6. The molecule has 4 rings (SSSR count). The number of hydrogen-bond acceptors (Lipinski definition) is 5. The third kappa shape index (κ3) is 4.53. The number of hydrogen-bond donors (Lipinski definition) is 2. The molecule has 1 aliphatic rings. The topological polar surface area (TPSA) is 87.1 Å². The van der Waals surface area contributed by atoms with Crippen LogP contribution in [0.15, 0.2) is 78.4 Å². The van der Waals surface area contributed by atoms with Gasteiger partial charge in [0.15, 0.2) is 0 Å². The minimum atomic E-state index is -0.847. The van der Waals surface area contributed by atoms with Crippen LogP contribution in [0.25, 0.3) is 5.76 Å². The van der Waals surface area contributed by atoms with Crippen molar-refractivity contribution in [3.63, 3.8) is 0 Å². The second-order valence-corrected chi connectivity index (χ2v) is 8.83. The molecule has 1 heterocycles. The Hall–Kier alpha value is -4.06. The van der Waals surface area contributed by atoms with Crippen molar-refractivity contribution in [2.75, 3.05) is 11.5 Å². The number of aryl methyl sites for hydroxylation is 1. The van der Waals surface area contributed by atoms with Gasteiger partial charge in [0, 0.05) is 11.3 Å². The van der Waals surface area contributed by atoms with E-state index in [4.69, 9.17) is 4.74 Å². The number of aliphatic hydroxyl groups excluding tert-OH is 1. The first-order chi connectivity index (χ1) is 16.3. The van der Waals surface area contributed by atoms with E-state index in [1.165, 1.54) is 17.0 Å². The number of anilines is 1. The molecule has 6 heteroatoms. The van der Waals surface area contributed by atoms with Crippen LogP contribution in [0, 0.1) is 12.8 Å². The lowest BCUT2D eigenvalue weighted by molar-refractivity contribution is -0.132. The molecule has 1 aliphatic heterocycles. The summed E-state index contributed by atoms with van der Waals surface area (Å²) in [5.41, 5.74) is 2.55.